The van der Waals surface area contributed by atoms with Crippen molar-refractivity contribution in [1.29, 1.82) is 0 Å². The Morgan fingerprint density at radius 1 is 0.842 bits per heavy atom. The highest BCUT2D eigenvalue weighted by Crippen LogP contribution is 2.28. The van der Waals surface area contributed by atoms with Gasteiger partial charge >= 0.3 is 0 Å². The van der Waals surface area contributed by atoms with Crippen molar-refractivity contribution >= 4 is 0 Å². The van der Waals surface area contributed by atoms with Crippen molar-refractivity contribution in [2.45, 2.75) is 97.7 Å². The third-order valence-corrected chi connectivity index (χ3v) is 3.54. The Morgan fingerprint density at radius 2 is 1.21 bits per heavy atom. The van der Waals surface area contributed by atoms with Crippen LogP contribution in [-0.4, -0.2) is 25.3 Å². The first-order chi connectivity index (χ1) is 8.99. The van der Waals surface area contributed by atoms with Crippen LogP contribution in [0.5, 0.6) is 0 Å². The number of ether oxygens (including phenoxy) is 3. The van der Waals surface area contributed by atoms with E-state index in [0.717, 1.165) is 0 Å². The van der Waals surface area contributed by atoms with Gasteiger partial charge in [-0.15, -0.1) is 0 Å². The van der Waals surface area contributed by atoms with Crippen LogP contribution in [0, 0.1) is 0 Å². The summed E-state index contributed by atoms with van der Waals surface area (Å²) in [5, 5.41) is 0. The molecule has 0 N–H and O–H groups in total. The first kappa shape index (κ1) is 18.9. The van der Waals surface area contributed by atoms with Crippen LogP contribution in [0.1, 0.15) is 79.6 Å². The summed E-state index contributed by atoms with van der Waals surface area (Å²) < 4.78 is 15.7. The molecule has 1 fully saturated rings. The van der Waals surface area contributed by atoms with E-state index in [9.17, 15) is 0 Å². The third-order valence-electron chi connectivity index (χ3n) is 3.54. The van der Waals surface area contributed by atoms with Gasteiger partial charge in [-0.2, -0.15) is 0 Å². The van der Waals surface area contributed by atoms with Crippen LogP contribution in [0.15, 0.2) is 0 Å². The smallest absolute Gasteiger partial charge is 0.280 e. The zero-order chi connectivity index (χ0) is 14.7. The molecule has 1 aliphatic rings. The molecule has 2 atom stereocenters. The molecule has 116 valence electrons. The van der Waals surface area contributed by atoms with E-state index in [1.54, 1.807) is 14.0 Å². The Kier molecular flexibility index (Phi) is 10.6. The maximum absolute atomic E-state index is 5.37. The normalized spacial score (nSPS) is 30.0. The molecule has 2 unspecified atom stereocenters. The van der Waals surface area contributed by atoms with Gasteiger partial charge in [0.05, 0.1) is 12.2 Å². The molecule has 0 amide bonds. The first-order valence-corrected chi connectivity index (χ1v) is 7.89. The Labute approximate surface area is 120 Å². The van der Waals surface area contributed by atoms with Gasteiger partial charge in [0.25, 0.3) is 5.97 Å². The van der Waals surface area contributed by atoms with E-state index in [1.165, 1.54) is 44.9 Å². The number of unbranched alkanes of at least 4 members (excludes halogenated alkanes) is 6. The predicted octanol–water partition coefficient (Wildman–Crippen LogP) is 4.89. The molecule has 1 saturated heterocycles. The van der Waals surface area contributed by atoms with Gasteiger partial charge < -0.3 is 14.2 Å². The molecular formula is C16H34O3. The molecule has 3 heteroatoms. The van der Waals surface area contributed by atoms with Gasteiger partial charge in [0.15, 0.2) is 0 Å². The lowest BCUT2D eigenvalue weighted by molar-refractivity contribution is -0.316. The molecule has 0 bridgehead atoms. The molecule has 0 aromatic carbocycles. The Balaban J connectivity index is 0.000000344. The number of hydrogen-bond donors (Lipinski definition) is 0. The summed E-state index contributed by atoms with van der Waals surface area (Å²) in [4.78, 5) is 0. The maximum Gasteiger partial charge on any atom is 0.280 e. The second-order valence-corrected chi connectivity index (χ2v) is 5.48. The molecular weight excluding hydrogens is 240 g/mol. The largest absolute Gasteiger partial charge is 0.331 e. The van der Waals surface area contributed by atoms with E-state index < -0.39 is 5.97 Å². The minimum absolute atomic E-state index is 0.116. The monoisotopic (exact) mass is 274 g/mol. The first-order valence-electron chi connectivity index (χ1n) is 7.89. The van der Waals surface area contributed by atoms with Crippen molar-refractivity contribution in [3.63, 3.8) is 0 Å². The average Bonchev–Trinajstić information content (AvgIpc) is 2.65. The molecule has 0 radical (unpaired) electrons. The van der Waals surface area contributed by atoms with Gasteiger partial charge in [0.2, 0.25) is 0 Å². The second kappa shape index (κ2) is 10.6. The highest BCUT2D eigenvalue weighted by molar-refractivity contribution is 4.71. The van der Waals surface area contributed by atoms with Crippen LogP contribution in [0.25, 0.3) is 0 Å². The molecule has 1 aliphatic heterocycles. The molecule has 19 heavy (non-hydrogen) atoms. The molecule has 3 nitrogen and oxygen atoms in total. The van der Waals surface area contributed by atoms with Gasteiger partial charge in [0.1, 0.15) is 0 Å². The van der Waals surface area contributed by atoms with Gasteiger partial charge in [-0.25, -0.2) is 0 Å². The zero-order valence-corrected chi connectivity index (χ0v) is 13.8. The molecule has 0 spiro atoms. The van der Waals surface area contributed by atoms with Crippen LogP contribution in [0.4, 0.5) is 0 Å². The lowest BCUT2D eigenvalue weighted by Crippen LogP contribution is -2.28. The van der Waals surface area contributed by atoms with E-state index in [2.05, 4.69) is 13.8 Å². The Bertz CT molecular complexity index is 190. The van der Waals surface area contributed by atoms with Crippen molar-refractivity contribution in [2.24, 2.45) is 0 Å². The van der Waals surface area contributed by atoms with Crippen LogP contribution < -0.4 is 0 Å². The molecule has 0 aromatic heterocycles. The van der Waals surface area contributed by atoms with Crippen molar-refractivity contribution in [1.82, 2.24) is 0 Å². The highest BCUT2D eigenvalue weighted by Gasteiger charge is 2.40. The van der Waals surface area contributed by atoms with E-state index in [1.807, 2.05) is 13.8 Å². The molecule has 1 heterocycles. The fourth-order valence-electron chi connectivity index (χ4n) is 2.02. The SMILES string of the molecule is CCCCCCCCC.COC1(C)OC(C)C(C)O1. The van der Waals surface area contributed by atoms with Crippen LogP contribution in [0.3, 0.4) is 0 Å². The molecule has 0 aliphatic carbocycles. The van der Waals surface area contributed by atoms with Crippen LogP contribution in [-0.2, 0) is 14.2 Å². The summed E-state index contributed by atoms with van der Waals surface area (Å²) in [6.45, 7) is 10.2. The third kappa shape index (κ3) is 8.61. The minimum atomic E-state index is -0.821. The lowest BCUT2D eigenvalue weighted by Gasteiger charge is -2.19. The van der Waals surface area contributed by atoms with E-state index in [4.69, 9.17) is 14.2 Å². The Hall–Kier alpha value is -0.120. The Morgan fingerprint density at radius 3 is 1.47 bits per heavy atom. The summed E-state index contributed by atoms with van der Waals surface area (Å²) in [6, 6.07) is 0. The molecule has 0 aromatic rings. The minimum Gasteiger partial charge on any atom is -0.331 e. The summed E-state index contributed by atoms with van der Waals surface area (Å²) in [5.74, 6) is -0.821. The van der Waals surface area contributed by atoms with Crippen molar-refractivity contribution in [3.05, 3.63) is 0 Å². The van der Waals surface area contributed by atoms with E-state index in [0.29, 0.717) is 0 Å². The van der Waals surface area contributed by atoms with Crippen LogP contribution >= 0.6 is 0 Å². The van der Waals surface area contributed by atoms with E-state index >= 15 is 0 Å². The zero-order valence-electron chi connectivity index (χ0n) is 13.8. The lowest BCUT2D eigenvalue weighted by atomic mass is 10.1. The van der Waals surface area contributed by atoms with Gasteiger partial charge in [-0.3, -0.25) is 0 Å². The fourth-order valence-corrected chi connectivity index (χ4v) is 2.02. The summed E-state index contributed by atoms with van der Waals surface area (Å²) in [6.07, 6.45) is 10.2. The predicted molar refractivity (Wildman–Crippen MR) is 80.2 cm³/mol. The van der Waals surface area contributed by atoms with Gasteiger partial charge in [-0.05, 0) is 13.8 Å². The highest BCUT2D eigenvalue weighted by atomic mass is 16.9. The van der Waals surface area contributed by atoms with Crippen LogP contribution in [0.2, 0.25) is 0 Å². The molecule has 1 rings (SSSR count). The number of hydrogen-bond acceptors (Lipinski definition) is 3. The quantitative estimate of drug-likeness (QED) is 0.619. The van der Waals surface area contributed by atoms with Gasteiger partial charge in [0, 0.05) is 14.0 Å². The summed E-state index contributed by atoms with van der Waals surface area (Å²) in [7, 11) is 1.57. The average molecular weight is 274 g/mol. The van der Waals surface area contributed by atoms with Gasteiger partial charge in [-0.1, -0.05) is 58.8 Å². The number of methoxy groups -OCH3 is 1. The van der Waals surface area contributed by atoms with Crippen molar-refractivity contribution < 1.29 is 14.2 Å². The van der Waals surface area contributed by atoms with E-state index in [-0.39, 0.29) is 12.2 Å². The fraction of sp³-hybridized carbons (Fsp3) is 1.00. The topological polar surface area (TPSA) is 27.7 Å². The standard InChI is InChI=1S/C9H20.C7H14O3/c1-3-5-7-9-8-6-4-2;1-5-6(2)10-7(3,8-4)9-5/h3-9H2,1-2H3;5-6H,1-4H3. The van der Waals surface area contributed by atoms with Crippen molar-refractivity contribution in [2.75, 3.05) is 7.11 Å². The van der Waals surface area contributed by atoms with Crippen molar-refractivity contribution in [3.8, 4) is 0 Å². The maximum atomic E-state index is 5.37. The summed E-state index contributed by atoms with van der Waals surface area (Å²) >= 11 is 0. The summed E-state index contributed by atoms with van der Waals surface area (Å²) in [5.41, 5.74) is 0. The molecule has 0 saturated carbocycles. The second-order valence-electron chi connectivity index (χ2n) is 5.48. The number of rotatable bonds is 7.